The van der Waals surface area contributed by atoms with E-state index in [1.165, 1.54) is 12.5 Å². The highest BCUT2D eigenvalue weighted by molar-refractivity contribution is 6.02. The summed E-state index contributed by atoms with van der Waals surface area (Å²) in [5.41, 5.74) is 1.88. The smallest absolute Gasteiger partial charge is 0.274 e. The minimum Gasteiger partial charge on any atom is -0.321 e. The second-order valence-corrected chi connectivity index (χ2v) is 4.05. The number of hydrogen-bond acceptors (Lipinski definition) is 4. The number of hydrogen-bond donors (Lipinski definition) is 1. The van der Waals surface area contributed by atoms with Crippen LogP contribution >= 0.6 is 0 Å². The van der Waals surface area contributed by atoms with Crippen molar-refractivity contribution in [3.05, 3.63) is 67.0 Å². The number of carbonyl (C=O) groups excluding carboxylic acids is 1. The van der Waals surface area contributed by atoms with Crippen LogP contribution in [0.3, 0.4) is 0 Å². The van der Waals surface area contributed by atoms with Gasteiger partial charge in [0.1, 0.15) is 12.0 Å². The maximum absolute atomic E-state index is 12.0. The SMILES string of the molecule is O=C(Nc1cccc(-n2cccn2)c1)c1ccncn1. The topological polar surface area (TPSA) is 72.7 Å². The lowest BCUT2D eigenvalue weighted by molar-refractivity contribution is 0.102. The number of aromatic nitrogens is 4. The average Bonchev–Trinajstić information content (AvgIpc) is 3.03. The van der Waals surface area contributed by atoms with E-state index in [-0.39, 0.29) is 5.91 Å². The Kier molecular flexibility index (Phi) is 3.20. The lowest BCUT2D eigenvalue weighted by atomic mass is 10.2. The molecule has 1 amide bonds. The second kappa shape index (κ2) is 5.31. The van der Waals surface area contributed by atoms with E-state index in [0.717, 1.165) is 5.69 Å². The van der Waals surface area contributed by atoms with E-state index in [2.05, 4.69) is 20.4 Å². The van der Waals surface area contributed by atoms with Crippen molar-refractivity contribution in [3.8, 4) is 5.69 Å². The van der Waals surface area contributed by atoms with Gasteiger partial charge in [-0.05, 0) is 30.3 Å². The van der Waals surface area contributed by atoms with E-state index < -0.39 is 0 Å². The standard InChI is InChI=1S/C14H11N5O/c20-14(13-5-7-15-10-16-13)18-11-3-1-4-12(9-11)19-8-2-6-17-19/h1-10H,(H,18,20). The normalized spacial score (nSPS) is 10.2. The van der Waals surface area contributed by atoms with Crippen LogP contribution in [0.5, 0.6) is 0 Å². The molecule has 0 saturated heterocycles. The first-order chi connectivity index (χ1) is 9.83. The molecule has 1 aromatic carbocycles. The number of carbonyl (C=O) groups is 1. The van der Waals surface area contributed by atoms with Gasteiger partial charge < -0.3 is 5.32 Å². The zero-order chi connectivity index (χ0) is 13.8. The molecule has 0 spiro atoms. The van der Waals surface area contributed by atoms with Crippen LogP contribution in [-0.2, 0) is 0 Å². The molecule has 3 rings (SSSR count). The van der Waals surface area contributed by atoms with Crippen molar-refractivity contribution in [1.29, 1.82) is 0 Å². The van der Waals surface area contributed by atoms with Crippen molar-refractivity contribution < 1.29 is 4.79 Å². The molecule has 0 radical (unpaired) electrons. The Balaban J connectivity index is 1.82. The van der Waals surface area contributed by atoms with Gasteiger partial charge in [0.15, 0.2) is 0 Å². The number of anilines is 1. The van der Waals surface area contributed by atoms with E-state index >= 15 is 0 Å². The molecule has 0 fully saturated rings. The first-order valence-corrected chi connectivity index (χ1v) is 6.00. The van der Waals surface area contributed by atoms with E-state index in [4.69, 9.17) is 0 Å². The molecular formula is C14H11N5O. The van der Waals surface area contributed by atoms with Crippen LogP contribution < -0.4 is 5.32 Å². The fourth-order valence-electron chi connectivity index (χ4n) is 1.77. The summed E-state index contributed by atoms with van der Waals surface area (Å²) in [4.78, 5) is 19.7. The van der Waals surface area contributed by atoms with Crippen LogP contribution in [0.2, 0.25) is 0 Å². The summed E-state index contributed by atoms with van der Waals surface area (Å²) < 4.78 is 1.72. The highest BCUT2D eigenvalue weighted by Gasteiger charge is 2.07. The highest BCUT2D eigenvalue weighted by Crippen LogP contribution is 2.14. The largest absolute Gasteiger partial charge is 0.321 e. The number of rotatable bonds is 3. The summed E-state index contributed by atoms with van der Waals surface area (Å²) >= 11 is 0. The van der Waals surface area contributed by atoms with Gasteiger partial charge in [-0.3, -0.25) is 4.79 Å². The summed E-state index contributed by atoms with van der Waals surface area (Å²) in [5, 5.41) is 6.94. The molecule has 0 aliphatic carbocycles. The molecule has 20 heavy (non-hydrogen) atoms. The molecule has 0 bridgehead atoms. The summed E-state index contributed by atoms with van der Waals surface area (Å²) in [7, 11) is 0. The van der Waals surface area contributed by atoms with Crippen molar-refractivity contribution in [2.75, 3.05) is 5.32 Å². The monoisotopic (exact) mass is 265 g/mol. The Morgan fingerprint density at radius 1 is 1.15 bits per heavy atom. The van der Waals surface area contributed by atoms with Crippen LogP contribution in [-0.4, -0.2) is 25.7 Å². The molecule has 6 nitrogen and oxygen atoms in total. The molecule has 3 aromatic rings. The van der Waals surface area contributed by atoms with Crippen molar-refractivity contribution >= 4 is 11.6 Å². The predicted molar refractivity (Wildman–Crippen MR) is 73.5 cm³/mol. The summed E-state index contributed by atoms with van der Waals surface area (Å²) in [6.45, 7) is 0. The Bertz CT molecular complexity index is 709. The van der Waals surface area contributed by atoms with Gasteiger partial charge in [0.05, 0.1) is 5.69 Å². The molecule has 1 N–H and O–H groups in total. The molecule has 0 aliphatic rings. The third-order valence-corrected chi connectivity index (χ3v) is 2.69. The lowest BCUT2D eigenvalue weighted by Crippen LogP contribution is -2.13. The summed E-state index contributed by atoms with van der Waals surface area (Å²) in [6.07, 6.45) is 6.41. The van der Waals surface area contributed by atoms with Crippen molar-refractivity contribution in [1.82, 2.24) is 19.7 Å². The first kappa shape index (κ1) is 12.0. The van der Waals surface area contributed by atoms with E-state index in [0.29, 0.717) is 11.4 Å². The molecule has 0 atom stereocenters. The molecule has 0 unspecified atom stereocenters. The fraction of sp³-hybridized carbons (Fsp3) is 0. The minimum absolute atomic E-state index is 0.273. The molecule has 2 aromatic heterocycles. The van der Waals surface area contributed by atoms with Crippen molar-refractivity contribution in [3.63, 3.8) is 0 Å². The first-order valence-electron chi connectivity index (χ1n) is 6.00. The van der Waals surface area contributed by atoms with Gasteiger partial charge in [-0.2, -0.15) is 5.10 Å². The van der Waals surface area contributed by atoms with E-state index in [1.807, 2.05) is 36.5 Å². The second-order valence-electron chi connectivity index (χ2n) is 4.05. The summed E-state index contributed by atoms with van der Waals surface area (Å²) in [6, 6.07) is 10.8. The van der Waals surface area contributed by atoms with Gasteiger partial charge in [-0.15, -0.1) is 0 Å². The molecule has 98 valence electrons. The molecule has 6 heteroatoms. The van der Waals surface area contributed by atoms with Gasteiger partial charge in [-0.25, -0.2) is 14.6 Å². The van der Waals surface area contributed by atoms with Gasteiger partial charge in [0, 0.05) is 24.3 Å². The van der Waals surface area contributed by atoms with Gasteiger partial charge in [-0.1, -0.05) is 6.07 Å². The summed E-state index contributed by atoms with van der Waals surface area (Å²) in [5.74, 6) is -0.273. The maximum Gasteiger partial charge on any atom is 0.274 e. The van der Waals surface area contributed by atoms with Crippen LogP contribution in [0.4, 0.5) is 5.69 Å². The Hall–Kier alpha value is -3.02. The molecular weight excluding hydrogens is 254 g/mol. The van der Waals surface area contributed by atoms with Crippen LogP contribution in [0.25, 0.3) is 5.69 Å². The fourth-order valence-corrected chi connectivity index (χ4v) is 1.77. The van der Waals surface area contributed by atoms with Crippen molar-refractivity contribution in [2.45, 2.75) is 0 Å². The molecule has 2 heterocycles. The Morgan fingerprint density at radius 3 is 2.85 bits per heavy atom. The van der Waals surface area contributed by atoms with Gasteiger partial charge in [0.25, 0.3) is 5.91 Å². The number of amides is 1. The highest BCUT2D eigenvalue weighted by atomic mass is 16.1. The van der Waals surface area contributed by atoms with E-state index in [1.54, 1.807) is 16.9 Å². The Morgan fingerprint density at radius 2 is 2.10 bits per heavy atom. The third-order valence-electron chi connectivity index (χ3n) is 2.69. The average molecular weight is 265 g/mol. The quantitative estimate of drug-likeness (QED) is 0.785. The molecule has 0 saturated carbocycles. The van der Waals surface area contributed by atoms with Crippen LogP contribution in [0, 0.1) is 0 Å². The number of benzene rings is 1. The van der Waals surface area contributed by atoms with Gasteiger partial charge >= 0.3 is 0 Å². The van der Waals surface area contributed by atoms with E-state index in [9.17, 15) is 4.79 Å². The Labute approximate surface area is 115 Å². The van der Waals surface area contributed by atoms with Crippen LogP contribution in [0.15, 0.2) is 61.3 Å². The number of nitrogens with zero attached hydrogens (tertiary/aromatic N) is 4. The maximum atomic E-state index is 12.0. The molecule has 0 aliphatic heterocycles. The zero-order valence-electron chi connectivity index (χ0n) is 10.5. The van der Waals surface area contributed by atoms with Crippen molar-refractivity contribution in [2.24, 2.45) is 0 Å². The zero-order valence-corrected chi connectivity index (χ0v) is 10.5. The van der Waals surface area contributed by atoms with Crippen LogP contribution in [0.1, 0.15) is 10.5 Å². The predicted octanol–water partition coefficient (Wildman–Crippen LogP) is 1.91. The minimum atomic E-state index is -0.273. The lowest BCUT2D eigenvalue weighted by Gasteiger charge is -2.07. The van der Waals surface area contributed by atoms with Gasteiger partial charge in [0.2, 0.25) is 0 Å². The number of nitrogens with one attached hydrogen (secondary N) is 1. The third kappa shape index (κ3) is 2.54.